The lowest BCUT2D eigenvalue weighted by molar-refractivity contribution is -0.138. The maximum Gasteiger partial charge on any atom is 0.323 e. The molecule has 1 aliphatic carbocycles. The summed E-state index contributed by atoms with van der Waals surface area (Å²) in [4.78, 5) is 24.3. The molecule has 0 aliphatic heterocycles. The van der Waals surface area contributed by atoms with Crippen molar-refractivity contribution < 1.29 is 23.5 Å². The zero-order valence-corrected chi connectivity index (χ0v) is 10.8. The fourth-order valence-electron chi connectivity index (χ4n) is 2.54. The number of carboxylic acids is 1. The van der Waals surface area contributed by atoms with Crippen molar-refractivity contribution in [2.24, 2.45) is 0 Å². The number of rotatable bonds is 4. The van der Waals surface area contributed by atoms with Gasteiger partial charge in [-0.25, -0.2) is 8.78 Å². The van der Waals surface area contributed by atoms with Crippen molar-refractivity contribution in [2.75, 3.05) is 6.54 Å². The smallest absolute Gasteiger partial charge is 0.323 e. The number of benzene rings is 1. The molecule has 0 radical (unpaired) electrons. The Morgan fingerprint density at radius 3 is 2.50 bits per heavy atom. The van der Waals surface area contributed by atoms with Gasteiger partial charge in [0.15, 0.2) is 0 Å². The predicted octanol–water partition coefficient (Wildman–Crippen LogP) is 2.43. The predicted molar refractivity (Wildman–Crippen MR) is 67.3 cm³/mol. The quantitative estimate of drug-likeness (QED) is 0.923. The maximum atomic E-state index is 13.6. The van der Waals surface area contributed by atoms with Gasteiger partial charge in [0.2, 0.25) is 0 Å². The average molecular weight is 283 g/mol. The summed E-state index contributed by atoms with van der Waals surface area (Å²) >= 11 is 0. The van der Waals surface area contributed by atoms with Gasteiger partial charge in [-0.3, -0.25) is 9.59 Å². The molecule has 1 saturated carbocycles. The largest absolute Gasteiger partial charge is 0.480 e. The van der Waals surface area contributed by atoms with Crippen LogP contribution in [0.4, 0.5) is 8.78 Å². The summed E-state index contributed by atoms with van der Waals surface area (Å²) in [5, 5.41) is 8.90. The van der Waals surface area contributed by atoms with Crippen molar-refractivity contribution in [2.45, 2.75) is 31.7 Å². The number of carbonyl (C=O) groups excluding carboxylic acids is 1. The lowest BCUT2D eigenvalue weighted by Gasteiger charge is -2.27. The van der Waals surface area contributed by atoms with Gasteiger partial charge in [-0.05, 0) is 31.0 Å². The van der Waals surface area contributed by atoms with Gasteiger partial charge in [0, 0.05) is 6.04 Å². The fraction of sp³-hybridized carbons (Fsp3) is 0.429. The normalized spacial score (nSPS) is 15.3. The molecule has 0 unspecified atom stereocenters. The number of amides is 1. The van der Waals surface area contributed by atoms with E-state index in [1.54, 1.807) is 0 Å². The van der Waals surface area contributed by atoms with E-state index in [2.05, 4.69) is 0 Å². The molecular weight excluding hydrogens is 268 g/mol. The van der Waals surface area contributed by atoms with E-state index in [-0.39, 0.29) is 6.04 Å². The standard InChI is InChI=1S/C14H15F2NO3/c15-9-5-6-12(16)11(7-9)14(20)17(8-13(18)19)10-3-1-2-4-10/h5-7,10H,1-4,8H2,(H,18,19). The molecule has 6 heteroatoms. The summed E-state index contributed by atoms with van der Waals surface area (Å²) in [5.41, 5.74) is -0.418. The molecule has 0 aromatic heterocycles. The Morgan fingerprint density at radius 1 is 1.25 bits per heavy atom. The average Bonchev–Trinajstić information content (AvgIpc) is 2.91. The lowest BCUT2D eigenvalue weighted by Crippen LogP contribution is -2.42. The van der Waals surface area contributed by atoms with E-state index in [1.165, 1.54) is 0 Å². The van der Waals surface area contributed by atoms with E-state index >= 15 is 0 Å². The zero-order valence-electron chi connectivity index (χ0n) is 10.8. The molecule has 1 amide bonds. The number of carboxylic acid groups (broad SMARTS) is 1. The molecule has 1 N–H and O–H groups in total. The van der Waals surface area contributed by atoms with Gasteiger partial charge in [0.05, 0.1) is 5.56 Å². The molecule has 0 heterocycles. The summed E-state index contributed by atoms with van der Waals surface area (Å²) in [7, 11) is 0. The third-order valence-electron chi connectivity index (χ3n) is 3.49. The highest BCUT2D eigenvalue weighted by Crippen LogP contribution is 2.25. The first-order chi connectivity index (χ1) is 9.49. The maximum absolute atomic E-state index is 13.6. The van der Waals surface area contributed by atoms with Crippen LogP contribution in [0.15, 0.2) is 18.2 Å². The Morgan fingerprint density at radius 2 is 1.90 bits per heavy atom. The fourth-order valence-corrected chi connectivity index (χ4v) is 2.54. The van der Waals surface area contributed by atoms with Crippen LogP contribution in [0.25, 0.3) is 0 Å². The summed E-state index contributed by atoms with van der Waals surface area (Å²) in [5.74, 6) is -3.50. The van der Waals surface area contributed by atoms with Crippen LogP contribution in [-0.2, 0) is 4.79 Å². The molecule has 4 nitrogen and oxygen atoms in total. The molecule has 0 spiro atoms. The molecule has 1 aromatic carbocycles. The molecule has 108 valence electrons. The van der Waals surface area contributed by atoms with Gasteiger partial charge in [-0.2, -0.15) is 0 Å². The Labute approximate surface area is 115 Å². The monoisotopic (exact) mass is 283 g/mol. The molecular formula is C14H15F2NO3. The van der Waals surface area contributed by atoms with Crippen molar-refractivity contribution in [1.29, 1.82) is 0 Å². The summed E-state index contributed by atoms with van der Waals surface area (Å²) in [6.07, 6.45) is 3.19. The van der Waals surface area contributed by atoms with E-state index in [0.29, 0.717) is 12.8 Å². The van der Waals surface area contributed by atoms with Crippen LogP contribution in [0.2, 0.25) is 0 Å². The second kappa shape index (κ2) is 5.98. The zero-order chi connectivity index (χ0) is 14.7. The minimum absolute atomic E-state index is 0.221. The summed E-state index contributed by atoms with van der Waals surface area (Å²) in [6, 6.07) is 2.38. The van der Waals surface area contributed by atoms with E-state index in [0.717, 1.165) is 35.9 Å². The minimum Gasteiger partial charge on any atom is -0.480 e. The van der Waals surface area contributed by atoms with Gasteiger partial charge < -0.3 is 10.0 Å². The van der Waals surface area contributed by atoms with Crippen LogP contribution in [0.3, 0.4) is 0 Å². The van der Waals surface area contributed by atoms with Crippen LogP contribution in [0, 0.1) is 11.6 Å². The highest BCUT2D eigenvalue weighted by molar-refractivity contribution is 5.96. The molecule has 2 rings (SSSR count). The molecule has 0 atom stereocenters. The Hall–Kier alpha value is -1.98. The number of carbonyl (C=O) groups is 2. The number of halogens is 2. The van der Waals surface area contributed by atoms with Gasteiger partial charge in [-0.15, -0.1) is 0 Å². The van der Waals surface area contributed by atoms with Crippen LogP contribution >= 0.6 is 0 Å². The van der Waals surface area contributed by atoms with Crippen molar-refractivity contribution in [3.63, 3.8) is 0 Å². The lowest BCUT2D eigenvalue weighted by atomic mass is 10.1. The number of hydrogen-bond donors (Lipinski definition) is 1. The van der Waals surface area contributed by atoms with Gasteiger partial charge >= 0.3 is 5.97 Å². The topological polar surface area (TPSA) is 57.6 Å². The molecule has 0 bridgehead atoms. The van der Waals surface area contributed by atoms with Crippen molar-refractivity contribution in [1.82, 2.24) is 4.90 Å². The van der Waals surface area contributed by atoms with E-state index in [1.807, 2.05) is 0 Å². The summed E-state index contributed by atoms with van der Waals surface area (Å²) < 4.78 is 26.8. The number of aliphatic carboxylic acids is 1. The SMILES string of the molecule is O=C(O)CN(C(=O)c1cc(F)ccc1F)C1CCCC1. The minimum atomic E-state index is -1.16. The van der Waals surface area contributed by atoms with Crippen molar-refractivity contribution in [3.8, 4) is 0 Å². The molecule has 1 aliphatic rings. The highest BCUT2D eigenvalue weighted by atomic mass is 19.1. The van der Waals surface area contributed by atoms with Crippen LogP contribution in [-0.4, -0.2) is 34.5 Å². The van der Waals surface area contributed by atoms with Crippen molar-refractivity contribution in [3.05, 3.63) is 35.4 Å². The number of hydrogen-bond acceptors (Lipinski definition) is 2. The van der Waals surface area contributed by atoms with E-state index in [4.69, 9.17) is 5.11 Å². The molecule has 20 heavy (non-hydrogen) atoms. The number of nitrogens with zero attached hydrogens (tertiary/aromatic N) is 1. The van der Waals surface area contributed by atoms with Gasteiger partial charge in [0.25, 0.3) is 5.91 Å². The Balaban J connectivity index is 2.29. The highest BCUT2D eigenvalue weighted by Gasteiger charge is 2.30. The van der Waals surface area contributed by atoms with Gasteiger partial charge in [-0.1, -0.05) is 12.8 Å². The second-order valence-electron chi connectivity index (χ2n) is 4.89. The van der Waals surface area contributed by atoms with E-state index in [9.17, 15) is 18.4 Å². The second-order valence-corrected chi connectivity index (χ2v) is 4.89. The van der Waals surface area contributed by atoms with Gasteiger partial charge in [0.1, 0.15) is 18.2 Å². The third kappa shape index (κ3) is 3.12. The molecule has 1 aromatic rings. The van der Waals surface area contributed by atoms with Crippen molar-refractivity contribution >= 4 is 11.9 Å². The first-order valence-electron chi connectivity index (χ1n) is 6.47. The first-order valence-corrected chi connectivity index (χ1v) is 6.47. The summed E-state index contributed by atoms with van der Waals surface area (Å²) in [6.45, 7) is -0.501. The first kappa shape index (κ1) is 14.4. The Bertz CT molecular complexity index is 527. The third-order valence-corrected chi connectivity index (χ3v) is 3.49. The Kier molecular flexibility index (Phi) is 4.32. The van der Waals surface area contributed by atoms with Crippen LogP contribution in [0.5, 0.6) is 0 Å². The molecule has 0 saturated heterocycles. The van der Waals surface area contributed by atoms with Crippen LogP contribution < -0.4 is 0 Å². The molecule has 1 fully saturated rings. The van der Waals surface area contributed by atoms with Crippen LogP contribution in [0.1, 0.15) is 36.0 Å². The van der Waals surface area contributed by atoms with E-state index < -0.39 is 35.6 Å².